The number of H-pyrrole nitrogens is 2. The second-order valence-electron chi connectivity index (χ2n) is 16.6. The third-order valence-corrected chi connectivity index (χ3v) is 12.3. The SMILES string of the molecule is CC(C(=O)O)c1cc(-c2c3nc(c(-c4ccnc(C(C)C(=O)O)c4)c4ccc([nH]4)c(-c4ccnc(C(C)C(=O)O)c4)c4nc(c(-c5ccnc(C(C)C(=O)O)c5)c5ccc2[nH]5)C=C4)C=C3)ccn1.Cl. The number of nitrogens with zero attached hydrogens (tertiary/aromatic N) is 6. The summed E-state index contributed by atoms with van der Waals surface area (Å²) in [6.07, 6.45) is 13.6. The monoisotopic (exact) mass is 942 g/mol. The van der Waals surface area contributed by atoms with Crippen LogP contribution in [0.1, 0.15) is 96.9 Å². The second kappa shape index (κ2) is 18.9. The van der Waals surface area contributed by atoms with Gasteiger partial charge in [0.2, 0.25) is 0 Å². The van der Waals surface area contributed by atoms with E-state index in [-0.39, 0.29) is 12.4 Å². The number of fused-ring (bicyclic) bond motifs is 8. The van der Waals surface area contributed by atoms with Gasteiger partial charge in [-0.3, -0.25) is 39.1 Å². The molecule has 7 aromatic heterocycles. The van der Waals surface area contributed by atoms with Gasteiger partial charge in [0, 0.05) is 69.1 Å². The van der Waals surface area contributed by atoms with Crippen LogP contribution in [0.3, 0.4) is 0 Å². The lowest BCUT2D eigenvalue weighted by atomic mass is 10.00. The van der Waals surface area contributed by atoms with Crippen LogP contribution in [0.4, 0.5) is 0 Å². The quantitative estimate of drug-likeness (QED) is 0.0666. The highest BCUT2D eigenvalue weighted by Gasteiger charge is 2.24. The number of aromatic amines is 2. The number of nitrogens with one attached hydrogen (secondary N) is 2. The van der Waals surface area contributed by atoms with Crippen LogP contribution in [0, 0.1) is 0 Å². The van der Waals surface area contributed by atoms with Gasteiger partial charge in [0.25, 0.3) is 0 Å². The molecule has 0 saturated heterocycles. The first kappa shape index (κ1) is 46.9. The molecular weight excluding hydrogens is 900 g/mol. The van der Waals surface area contributed by atoms with Crippen molar-refractivity contribution in [3.63, 3.8) is 0 Å². The van der Waals surface area contributed by atoms with Gasteiger partial charge < -0.3 is 30.4 Å². The van der Waals surface area contributed by atoms with Gasteiger partial charge in [-0.2, -0.15) is 0 Å². The first-order valence-electron chi connectivity index (χ1n) is 21.6. The fourth-order valence-corrected chi connectivity index (χ4v) is 8.29. The summed E-state index contributed by atoms with van der Waals surface area (Å²) < 4.78 is 0. The average molecular weight is 943 g/mol. The largest absolute Gasteiger partial charge is 0.481 e. The zero-order chi connectivity index (χ0) is 48.0. The number of carboxylic acids is 4. The Morgan fingerprint density at radius 2 is 0.609 bits per heavy atom. The zero-order valence-corrected chi connectivity index (χ0v) is 38.2. The number of hydrogen-bond acceptors (Lipinski definition) is 10. The Balaban J connectivity index is 0.00000642. The Bertz CT molecular complexity index is 3040. The molecule has 0 spiro atoms. The molecule has 0 fully saturated rings. The van der Waals surface area contributed by atoms with Crippen LogP contribution in [0.5, 0.6) is 0 Å². The highest BCUT2D eigenvalue weighted by atomic mass is 35.5. The molecule has 0 saturated carbocycles. The van der Waals surface area contributed by atoms with Crippen LogP contribution in [-0.4, -0.2) is 84.2 Å². The Labute approximate surface area is 399 Å². The molecule has 0 amide bonds. The van der Waals surface area contributed by atoms with Crippen LogP contribution >= 0.6 is 12.4 Å². The molecule has 0 aliphatic carbocycles. The molecule has 69 heavy (non-hydrogen) atoms. The second-order valence-corrected chi connectivity index (χ2v) is 16.6. The van der Waals surface area contributed by atoms with Gasteiger partial charge in [0.05, 0.1) is 69.2 Å². The maximum atomic E-state index is 12.2. The van der Waals surface area contributed by atoms with Gasteiger partial charge in [-0.05, 0) is 147 Å². The minimum atomic E-state index is -1.04. The van der Waals surface area contributed by atoms with Crippen molar-refractivity contribution in [3.05, 3.63) is 143 Å². The van der Waals surface area contributed by atoms with E-state index in [1.54, 1.807) is 101 Å². The maximum Gasteiger partial charge on any atom is 0.312 e. The Morgan fingerprint density at radius 3 is 0.812 bits per heavy atom. The molecule has 8 bridgehead atoms. The molecule has 7 aromatic rings. The smallest absolute Gasteiger partial charge is 0.312 e. The van der Waals surface area contributed by atoms with Crippen molar-refractivity contribution in [3.8, 4) is 44.5 Å². The van der Waals surface area contributed by atoms with E-state index < -0.39 is 47.5 Å². The standard InChI is InChI=1S/C52H42N8O8.ClH/c1-25(49(61)62)41-21-29(13-17-53-41)45-33-5-7-35(57-33)46(30-14-18-54-42(22-30)26(2)50(63)64)37-9-11-39(59-37)48(32-16-20-56-44(24-32)28(4)52(67)68)40-12-10-38(60-40)47(36-8-6-34(45)58-36)31-15-19-55-43(23-31)27(3)51(65)66;/h5-28,57,60H,1-4H3,(H,61,62)(H,63,64)(H,65,66)(H,67,68);1H. The highest BCUT2D eigenvalue weighted by molar-refractivity contribution is 6.00. The third kappa shape index (κ3) is 9.00. The number of carbonyl (C=O) groups is 4. The summed E-state index contributed by atoms with van der Waals surface area (Å²) in [6, 6.07) is 21.5. The van der Waals surface area contributed by atoms with Crippen LogP contribution in [-0.2, 0) is 19.2 Å². The lowest BCUT2D eigenvalue weighted by Crippen LogP contribution is -2.09. The maximum absolute atomic E-state index is 12.2. The molecule has 0 aromatic carbocycles. The van der Waals surface area contributed by atoms with Crippen molar-refractivity contribution in [2.45, 2.75) is 51.4 Å². The van der Waals surface area contributed by atoms with Crippen LogP contribution in [0.15, 0.2) is 97.6 Å². The van der Waals surface area contributed by atoms with Gasteiger partial charge >= 0.3 is 23.9 Å². The normalized spacial score (nSPS) is 13.5. The lowest BCUT2D eigenvalue weighted by Gasteiger charge is -2.11. The molecule has 9 heterocycles. The predicted octanol–water partition coefficient (Wildman–Crippen LogP) is 10.1. The van der Waals surface area contributed by atoms with Gasteiger partial charge in [0.15, 0.2) is 0 Å². The molecule has 4 unspecified atom stereocenters. The van der Waals surface area contributed by atoms with Crippen LogP contribution in [0.2, 0.25) is 0 Å². The van der Waals surface area contributed by atoms with Gasteiger partial charge in [-0.25, -0.2) is 9.97 Å². The number of aromatic nitrogens is 8. The van der Waals surface area contributed by atoms with E-state index in [1.807, 2.05) is 48.6 Å². The number of pyridine rings is 4. The molecule has 4 atom stereocenters. The topological polar surface area (TPSA) is 258 Å². The van der Waals surface area contributed by atoms with Crippen molar-refractivity contribution in [2.24, 2.45) is 0 Å². The van der Waals surface area contributed by atoms with E-state index >= 15 is 0 Å². The van der Waals surface area contributed by atoms with E-state index in [0.29, 0.717) is 112 Å². The summed E-state index contributed by atoms with van der Waals surface area (Å²) in [5.41, 5.74) is 10.7. The van der Waals surface area contributed by atoms with E-state index in [9.17, 15) is 39.6 Å². The Hall–Kier alpha value is -8.63. The molecule has 346 valence electrons. The highest BCUT2D eigenvalue weighted by Crippen LogP contribution is 2.40. The molecule has 16 nitrogen and oxygen atoms in total. The van der Waals surface area contributed by atoms with Crippen molar-refractivity contribution in [2.75, 3.05) is 0 Å². The Kier molecular flexibility index (Phi) is 12.9. The Morgan fingerprint density at radius 1 is 0.391 bits per heavy atom. The molecule has 17 heteroatoms. The zero-order valence-electron chi connectivity index (χ0n) is 37.4. The van der Waals surface area contributed by atoms with Crippen LogP contribution < -0.4 is 0 Å². The number of rotatable bonds is 12. The minimum Gasteiger partial charge on any atom is -0.481 e. The fraction of sp³-hybridized carbons (Fsp3) is 0.154. The summed E-state index contributed by atoms with van der Waals surface area (Å²) in [4.78, 5) is 84.1. The third-order valence-electron chi connectivity index (χ3n) is 12.3. The van der Waals surface area contributed by atoms with E-state index in [2.05, 4.69) is 29.9 Å². The van der Waals surface area contributed by atoms with Crippen LogP contribution in [0.25, 0.3) is 90.9 Å². The van der Waals surface area contributed by atoms with Gasteiger partial charge in [0.1, 0.15) is 0 Å². The van der Waals surface area contributed by atoms with Gasteiger partial charge in [-0.15, -0.1) is 12.4 Å². The number of carboxylic acid groups (broad SMARTS) is 4. The average Bonchev–Trinajstić information content (AvgIpc) is 4.19. The summed E-state index contributed by atoms with van der Waals surface area (Å²) in [5.74, 6) is -7.85. The summed E-state index contributed by atoms with van der Waals surface area (Å²) in [7, 11) is 0. The number of aliphatic carboxylic acids is 4. The number of halogens is 1. The summed E-state index contributed by atoms with van der Waals surface area (Å²) in [5, 5.41) is 39.9. The molecule has 6 N–H and O–H groups in total. The fourth-order valence-electron chi connectivity index (χ4n) is 8.29. The first-order valence-corrected chi connectivity index (χ1v) is 21.6. The molecule has 2 aliphatic rings. The predicted molar refractivity (Wildman–Crippen MR) is 263 cm³/mol. The lowest BCUT2D eigenvalue weighted by molar-refractivity contribution is -0.139. The van der Waals surface area contributed by atoms with Crippen molar-refractivity contribution < 1.29 is 39.6 Å². The van der Waals surface area contributed by atoms with Crippen molar-refractivity contribution in [1.82, 2.24) is 39.9 Å². The minimum absolute atomic E-state index is 0. The van der Waals surface area contributed by atoms with Gasteiger partial charge in [-0.1, -0.05) is 0 Å². The first-order chi connectivity index (χ1) is 32.7. The molecule has 2 aliphatic heterocycles. The van der Waals surface area contributed by atoms with E-state index in [4.69, 9.17) is 9.97 Å². The van der Waals surface area contributed by atoms with Crippen molar-refractivity contribution >= 4 is 82.7 Å². The van der Waals surface area contributed by atoms with E-state index in [0.717, 1.165) is 0 Å². The molecule has 9 rings (SSSR count). The summed E-state index contributed by atoms with van der Waals surface area (Å²) >= 11 is 0. The van der Waals surface area contributed by atoms with E-state index in [1.165, 1.54) is 0 Å². The number of hydrogen-bond donors (Lipinski definition) is 6. The van der Waals surface area contributed by atoms with Crippen molar-refractivity contribution in [1.29, 1.82) is 0 Å². The molecular formula is C52H43ClN8O8. The molecule has 0 radical (unpaired) electrons. The summed E-state index contributed by atoms with van der Waals surface area (Å²) in [6.45, 7) is 6.25.